The molecule has 3 unspecified atom stereocenters. The lowest BCUT2D eigenvalue weighted by Gasteiger charge is -2.36. The Hall–Kier alpha value is -6.07. The van der Waals surface area contributed by atoms with E-state index < -0.39 is 0 Å². The first-order valence-corrected chi connectivity index (χ1v) is 24.4. The summed E-state index contributed by atoms with van der Waals surface area (Å²) in [5, 5.41) is 1.39. The van der Waals surface area contributed by atoms with Gasteiger partial charge in [-0.2, -0.15) is 0 Å². The van der Waals surface area contributed by atoms with E-state index >= 15 is 0 Å². The van der Waals surface area contributed by atoms with Gasteiger partial charge < -0.3 is 14.1 Å². The number of benzene rings is 5. The van der Waals surface area contributed by atoms with Gasteiger partial charge in [-0.25, -0.2) is 0 Å². The van der Waals surface area contributed by atoms with E-state index in [9.17, 15) is 0 Å². The van der Waals surface area contributed by atoms with Crippen molar-refractivity contribution in [3.63, 3.8) is 0 Å². The summed E-state index contributed by atoms with van der Waals surface area (Å²) in [6.07, 6.45) is 24.8. The molecule has 5 aliphatic rings. The summed E-state index contributed by atoms with van der Waals surface area (Å²) in [7, 11) is 0. The summed E-state index contributed by atoms with van der Waals surface area (Å²) < 4.78 is 13.7. The van der Waals surface area contributed by atoms with Crippen molar-refractivity contribution in [2.45, 2.75) is 93.5 Å². The monoisotopic (exact) mass is 867 g/mol. The molecule has 0 fully saturated rings. The molecule has 4 heteroatoms. The third kappa shape index (κ3) is 6.91. The van der Waals surface area contributed by atoms with Crippen molar-refractivity contribution in [2.75, 3.05) is 4.90 Å². The highest BCUT2D eigenvalue weighted by Gasteiger charge is 2.43. The van der Waals surface area contributed by atoms with Crippen LogP contribution in [0.3, 0.4) is 0 Å². The summed E-state index contributed by atoms with van der Waals surface area (Å²) in [6, 6.07) is 42.7. The molecule has 5 atom stereocenters. The molecule has 0 saturated heterocycles. The van der Waals surface area contributed by atoms with Crippen molar-refractivity contribution >= 4 is 62.6 Å². The topological polar surface area (TPSA) is 25.6 Å². The first-order valence-electron chi connectivity index (χ1n) is 23.5. The molecule has 324 valence electrons. The Morgan fingerprint density at radius 1 is 0.800 bits per heavy atom. The Labute approximate surface area is 389 Å². The van der Waals surface area contributed by atoms with E-state index in [1.165, 1.54) is 55.9 Å². The van der Waals surface area contributed by atoms with Crippen LogP contribution in [0.1, 0.15) is 99.4 Å². The van der Waals surface area contributed by atoms with Crippen molar-refractivity contribution in [1.29, 1.82) is 0 Å². The highest BCUT2D eigenvalue weighted by atomic mass is 32.2. The molecule has 0 amide bonds. The predicted molar refractivity (Wildman–Crippen MR) is 275 cm³/mol. The Kier molecular flexibility index (Phi) is 10.5. The van der Waals surface area contributed by atoms with Gasteiger partial charge >= 0.3 is 0 Å². The average molecular weight is 868 g/mol. The molecular weight excluding hydrogens is 811 g/mol. The minimum absolute atomic E-state index is 0.00565. The third-order valence-corrected chi connectivity index (χ3v) is 16.7. The molecular formula is C61H57NO2S. The molecule has 5 aromatic carbocycles. The van der Waals surface area contributed by atoms with Crippen LogP contribution in [0.5, 0.6) is 0 Å². The number of hydrogen-bond donors (Lipinski definition) is 0. The van der Waals surface area contributed by atoms with E-state index in [1.54, 1.807) is 0 Å². The summed E-state index contributed by atoms with van der Waals surface area (Å²) in [5.74, 6) is 1.41. The van der Waals surface area contributed by atoms with E-state index in [0.29, 0.717) is 11.2 Å². The minimum atomic E-state index is -0.188. The van der Waals surface area contributed by atoms with Crippen LogP contribution in [-0.4, -0.2) is 17.5 Å². The molecule has 3 nitrogen and oxygen atoms in total. The summed E-state index contributed by atoms with van der Waals surface area (Å²) in [4.78, 5) is 3.79. The van der Waals surface area contributed by atoms with Gasteiger partial charge in [-0.3, -0.25) is 0 Å². The van der Waals surface area contributed by atoms with Crippen LogP contribution in [0, 0.1) is 5.92 Å². The van der Waals surface area contributed by atoms with Gasteiger partial charge in [0.15, 0.2) is 0 Å². The van der Waals surface area contributed by atoms with Crippen LogP contribution >= 0.6 is 11.8 Å². The van der Waals surface area contributed by atoms with E-state index in [-0.39, 0.29) is 23.0 Å². The molecule has 11 rings (SSSR count). The largest absolute Gasteiger partial charge is 0.455 e. The highest BCUT2D eigenvalue weighted by Crippen LogP contribution is 2.56. The van der Waals surface area contributed by atoms with Gasteiger partial charge in [-0.15, -0.1) is 11.8 Å². The fourth-order valence-corrected chi connectivity index (χ4v) is 12.7. The lowest BCUT2D eigenvalue weighted by Crippen LogP contribution is -2.33. The smallest absolute Gasteiger partial charge is 0.143 e. The van der Waals surface area contributed by atoms with Crippen LogP contribution in [0.25, 0.3) is 33.8 Å². The van der Waals surface area contributed by atoms with Gasteiger partial charge in [-0.05, 0) is 126 Å². The maximum absolute atomic E-state index is 6.94. The second-order valence-electron chi connectivity index (χ2n) is 19.1. The molecule has 3 heterocycles. The van der Waals surface area contributed by atoms with Gasteiger partial charge in [-0.1, -0.05) is 161 Å². The minimum Gasteiger partial charge on any atom is -0.455 e. The quantitative estimate of drug-likeness (QED) is 0.142. The summed E-state index contributed by atoms with van der Waals surface area (Å²) in [5.41, 5.74) is 16.3. The molecule has 65 heavy (non-hydrogen) atoms. The highest BCUT2D eigenvalue weighted by molar-refractivity contribution is 8.01. The van der Waals surface area contributed by atoms with Gasteiger partial charge in [0, 0.05) is 54.6 Å². The van der Waals surface area contributed by atoms with E-state index in [0.717, 1.165) is 64.2 Å². The number of para-hydroxylation sites is 1. The number of ether oxygens (including phenoxy) is 1. The SMILES string of the molecule is C=Cc1c(C2=C(C)C(C)(C)c3ccc(N(c4ccc(/C5=C/C=C\CC6CCC=C[C@@H]6O[C@H]5CC)cc4)c4ccc(C5(C)C=CC=C6c7ccccc7SC65)cc4)cc32)oc2ccccc12. The zero-order valence-corrected chi connectivity index (χ0v) is 39.0. The Morgan fingerprint density at radius 2 is 1.54 bits per heavy atom. The summed E-state index contributed by atoms with van der Waals surface area (Å²) >= 11 is 1.99. The van der Waals surface area contributed by atoms with Crippen LogP contribution in [0.4, 0.5) is 17.1 Å². The molecule has 2 aliphatic heterocycles. The van der Waals surface area contributed by atoms with E-state index in [1.807, 2.05) is 23.9 Å². The van der Waals surface area contributed by atoms with Gasteiger partial charge in [0.2, 0.25) is 0 Å². The number of fused-ring (bicyclic) bond motifs is 6. The molecule has 0 radical (unpaired) electrons. The van der Waals surface area contributed by atoms with E-state index in [4.69, 9.17) is 9.15 Å². The lowest BCUT2D eigenvalue weighted by molar-refractivity contribution is 0.00653. The lowest BCUT2D eigenvalue weighted by atomic mass is 9.73. The van der Waals surface area contributed by atoms with Crippen molar-refractivity contribution in [3.8, 4) is 0 Å². The molecule has 0 N–H and O–H groups in total. The molecule has 6 aromatic rings. The molecule has 0 spiro atoms. The van der Waals surface area contributed by atoms with Crippen LogP contribution in [-0.2, 0) is 15.6 Å². The summed E-state index contributed by atoms with van der Waals surface area (Å²) in [6.45, 7) is 15.9. The van der Waals surface area contributed by atoms with Crippen molar-refractivity contribution in [3.05, 3.63) is 215 Å². The molecule has 3 aliphatic carbocycles. The molecule has 0 bridgehead atoms. The zero-order valence-electron chi connectivity index (χ0n) is 38.2. The van der Waals surface area contributed by atoms with Crippen molar-refractivity contribution < 1.29 is 9.15 Å². The molecule has 0 saturated carbocycles. The first kappa shape index (κ1) is 41.6. The number of furan rings is 1. The zero-order chi connectivity index (χ0) is 44.5. The second-order valence-corrected chi connectivity index (χ2v) is 20.3. The van der Waals surface area contributed by atoms with E-state index in [2.05, 4.69) is 204 Å². The van der Waals surface area contributed by atoms with Crippen molar-refractivity contribution in [2.24, 2.45) is 5.92 Å². The van der Waals surface area contributed by atoms with Crippen LogP contribution in [0.2, 0.25) is 0 Å². The number of rotatable bonds is 8. The van der Waals surface area contributed by atoms with Crippen LogP contribution in [0.15, 0.2) is 185 Å². The van der Waals surface area contributed by atoms with Gasteiger partial charge in [0.25, 0.3) is 0 Å². The fraction of sp³-hybridized carbons (Fsp3) is 0.246. The van der Waals surface area contributed by atoms with Gasteiger partial charge in [0.05, 0.1) is 12.2 Å². The maximum atomic E-state index is 6.94. The number of thioether (sulfide) groups is 1. The number of allylic oxidation sites excluding steroid dienone is 8. The van der Waals surface area contributed by atoms with Crippen LogP contribution < -0.4 is 4.90 Å². The normalized spacial score (nSPS) is 25.3. The number of nitrogens with zero attached hydrogens (tertiary/aromatic N) is 1. The first-order chi connectivity index (χ1) is 31.7. The number of anilines is 3. The maximum Gasteiger partial charge on any atom is 0.143 e. The Morgan fingerprint density at radius 3 is 2.34 bits per heavy atom. The molecule has 1 aromatic heterocycles. The Bertz CT molecular complexity index is 3040. The fourth-order valence-electron chi connectivity index (χ4n) is 11.2. The standard InChI is InChI=1S/C61H57NO2S/c1-7-46-48-21-12-15-25-55(48)64-58(46)57-39(3)60(4,5)52-36-35-45(38-51(52)57)62(43-31-27-40(28-32-43)47-20-11-9-18-41-19-10-14-24-54(41)63-53(47)8-2)44-33-29-42(30-34-44)61(6)37-17-23-50-49-22-13-16-26-56(49)65-59(50)61/h7,9,11-17,20-38,41,53-54,59H,1,8,10,18-19H2,2-6H3/b11-9-,47-20-/t41?,53-,54-,59?,61?/m0/s1. The second kappa shape index (κ2) is 16.4. The predicted octanol–water partition coefficient (Wildman–Crippen LogP) is 16.5. The van der Waals surface area contributed by atoms with Crippen molar-refractivity contribution in [1.82, 2.24) is 0 Å². The third-order valence-electron chi connectivity index (χ3n) is 15.2. The Balaban J connectivity index is 1.01. The van der Waals surface area contributed by atoms with Gasteiger partial charge in [0.1, 0.15) is 11.3 Å². The number of hydrogen-bond acceptors (Lipinski definition) is 4. The average Bonchev–Trinajstić information content (AvgIpc) is 3.98.